The Morgan fingerprint density at radius 2 is 1.64 bits per heavy atom. The first kappa shape index (κ1) is 31.5. The van der Waals surface area contributed by atoms with E-state index in [-0.39, 0.29) is 16.8 Å². The number of aliphatic imine (C=N–C) groups is 3. The Labute approximate surface area is 250 Å². The fourth-order valence-corrected chi connectivity index (χ4v) is 6.51. The van der Waals surface area contributed by atoms with Crippen molar-refractivity contribution in [1.82, 2.24) is 9.80 Å². The average molecular weight is 597 g/mol. The summed E-state index contributed by atoms with van der Waals surface area (Å²) in [6, 6.07) is 13.4. The summed E-state index contributed by atoms with van der Waals surface area (Å²) in [5, 5.41) is 5.63. The first-order valence-electron chi connectivity index (χ1n) is 14.4. The monoisotopic (exact) mass is 596 g/mol. The van der Waals surface area contributed by atoms with Gasteiger partial charge in [-0.25, -0.2) is 13.4 Å². The van der Waals surface area contributed by atoms with Gasteiger partial charge in [-0.1, -0.05) is 12.1 Å². The number of ether oxygens (including phenoxy) is 1. The number of guanidine groups is 2. The summed E-state index contributed by atoms with van der Waals surface area (Å²) in [6.45, 7) is 13.6. The van der Waals surface area contributed by atoms with E-state index in [1.165, 1.54) is 0 Å². The number of sulfone groups is 1. The molecule has 0 amide bonds. The summed E-state index contributed by atoms with van der Waals surface area (Å²) in [5.74, 6) is 1.02. The Morgan fingerprint density at radius 3 is 2.26 bits per heavy atom. The molecular weight excluding hydrogens is 552 g/mol. The lowest BCUT2D eigenvalue weighted by molar-refractivity contribution is 0.0982. The molecule has 0 unspecified atom stereocenters. The third kappa shape index (κ3) is 7.47. The maximum Gasteiger partial charge on any atom is 0.229 e. The molecule has 12 heteroatoms. The number of benzene rings is 2. The second-order valence-corrected chi connectivity index (χ2v) is 13.4. The number of piperazine rings is 1. The molecule has 2 saturated heterocycles. The van der Waals surface area contributed by atoms with Gasteiger partial charge in [0.1, 0.15) is 5.75 Å². The number of hydrogen-bond acceptors (Lipinski definition) is 7. The highest BCUT2D eigenvalue weighted by Gasteiger charge is 2.27. The molecule has 2 N–H and O–H groups in total. The first-order chi connectivity index (χ1) is 20.2. The molecule has 228 valence electrons. The maximum absolute atomic E-state index is 12.9. The van der Waals surface area contributed by atoms with Gasteiger partial charge in [0.25, 0.3) is 0 Å². The van der Waals surface area contributed by atoms with E-state index in [0.29, 0.717) is 23.2 Å². The fraction of sp³-hybridized carbons (Fsp3) is 0.500. The van der Waals surface area contributed by atoms with E-state index >= 15 is 0 Å². The summed E-state index contributed by atoms with van der Waals surface area (Å²) in [7, 11) is 1.87. The number of rotatable bonds is 7. The van der Waals surface area contributed by atoms with Crippen molar-refractivity contribution in [1.29, 1.82) is 0 Å². The molecule has 2 fully saturated rings. The number of nitrogens with one attached hydrogen (secondary N) is 2. The Kier molecular flexibility index (Phi) is 10.6. The Morgan fingerprint density at radius 1 is 0.976 bits per heavy atom. The Bertz CT molecular complexity index is 1390. The van der Waals surface area contributed by atoms with Crippen molar-refractivity contribution >= 4 is 45.5 Å². The van der Waals surface area contributed by atoms with Gasteiger partial charge in [-0.05, 0) is 64.7 Å². The van der Waals surface area contributed by atoms with E-state index in [2.05, 4.69) is 60.1 Å². The zero-order valence-corrected chi connectivity index (χ0v) is 26.2. The molecule has 2 aliphatic heterocycles. The third-order valence-corrected chi connectivity index (χ3v) is 10.2. The van der Waals surface area contributed by atoms with Crippen molar-refractivity contribution in [3.8, 4) is 5.75 Å². The van der Waals surface area contributed by atoms with Gasteiger partial charge in [-0.15, -0.1) is 0 Å². The minimum Gasteiger partial charge on any atom is -0.494 e. The summed E-state index contributed by atoms with van der Waals surface area (Å²) in [5.41, 5.74) is 2.18. The summed E-state index contributed by atoms with van der Waals surface area (Å²) in [4.78, 5) is 20.3. The molecule has 2 aromatic rings. The van der Waals surface area contributed by atoms with Crippen molar-refractivity contribution < 1.29 is 13.2 Å². The van der Waals surface area contributed by atoms with Gasteiger partial charge in [-0.2, -0.15) is 4.99 Å². The predicted molar refractivity (Wildman–Crippen MR) is 174 cm³/mol. The molecule has 0 aliphatic carbocycles. The summed E-state index contributed by atoms with van der Waals surface area (Å²) < 4.78 is 31.5. The molecule has 0 atom stereocenters. The van der Waals surface area contributed by atoms with Crippen LogP contribution in [-0.4, -0.2) is 109 Å². The maximum atomic E-state index is 12.9. The van der Waals surface area contributed by atoms with Crippen molar-refractivity contribution in [3.63, 3.8) is 0 Å². The minimum atomic E-state index is -3.52. The summed E-state index contributed by atoms with van der Waals surface area (Å²) >= 11 is 0. The Balaban J connectivity index is 1.45. The number of para-hydroxylation sites is 1. The molecule has 42 heavy (non-hydrogen) atoms. The lowest BCUT2D eigenvalue weighted by atomic mass is 10.0. The number of piperidine rings is 1. The van der Waals surface area contributed by atoms with Crippen LogP contribution < -0.4 is 20.3 Å². The van der Waals surface area contributed by atoms with Crippen LogP contribution in [0.5, 0.6) is 5.75 Å². The quantitative estimate of drug-likeness (QED) is 0.368. The van der Waals surface area contributed by atoms with Gasteiger partial charge >= 0.3 is 0 Å². The molecule has 4 rings (SSSR count). The van der Waals surface area contributed by atoms with Crippen LogP contribution in [0, 0.1) is 0 Å². The van der Waals surface area contributed by atoms with Gasteiger partial charge in [0, 0.05) is 64.1 Å². The van der Waals surface area contributed by atoms with Crippen molar-refractivity contribution in [2.75, 3.05) is 76.0 Å². The molecule has 0 spiro atoms. The lowest BCUT2D eigenvalue weighted by Crippen LogP contribution is -2.52. The van der Waals surface area contributed by atoms with Crippen LogP contribution in [0.4, 0.5) is 17.1 Å². The number of hydrogen-bond donors (Lipinski definition) is 2. The molecule has 2 heterocycles. The van der Waals surface area contributed by atoms with E-state index in [0.717, 1.165) is 57.8 Å². The topological polar surface area (TPSA) is 114 Å². The van der Waals surface area contributed by atoms with E-state index < -0.39 is 15.1 Å². The molecule has 0 bridgehead atoms. The molecule has 2 aliphatic rings. The summed E-state index contributed by atoms with van der Waals surface area (Å²) in [6.07, 6.45) is 2.30. The lowest BCUT2D eigenvalue weighted by Gasteiger charge is -2.42. The van der Waals surface area contributed by atoms with Crippen LogP contribution in [0.3, 0.4) is 0 Å². The van der Waals surface area contributed by atoms with Gasteiger partial charge in [-0.3, -0.25) is 9.89 Å². The highest BCUT2D eigenvalue weighted by molar-refractivity contribution is 7.92. The second kappa shape index (κ2) is 14.1. The smallest absolute Gasteiger partial charge is 0.229 e. The highest BCUT2D eigenvalue weighted by atomic mass is 32.2. The molecule has 0 radical (unpaired) electrons. The van der Waals surface area contributed by atoms with E-state index in [4.69, 9.17) is 4.74 Å². The minimum absolute atomic E-state index is 0.176. The van der Waals surface area contributed by atoms with Gasteiger partial charge in [0.15, 0.2) is 9.84 Å². The average Bonchev–Trinajstić information content (AvgIpc) is 3.01. The molecular formula is C30H44N8O3S. The second-order valence-electron chi connectivity index (χ2n) is 10.9. The SMILES string of the molecule is C=N/C(=N\C(=N/C)Nc1ccccc1S(=O)(=O)C(C)C)Nc1ccc(N2CCC(N3CCN(C)CC3)CC2)cc1OC. The van der Waals surface area contributed by atoms with Gasteiger partial charge in [0.2, 0.25) is 11.9 Å². The molecule has 0 aromatic heterocycles. The van der Waals surface area contributed by atoms with Crippen LogP contribution in [-0.2, 0) is 9.84 Å². The van der Waals surface area contributed by atoms with Crippen LogP contribution >= 0.6 is 0 Å². The van der Waals surface area contributed by atoms with Crippen LogP contribution in [0.1, 0.15) is 26.7 Å². The number of anilines is 3. The zero-order chi connectivity index (χ0) is 30.3. The molecule has 2 aromatic carbocycles. The standard InChI is InChI=1S/C30H44N8O3S/c1-22(2)42(39,40)28-10-8-7-9-26(28)34-30(32-4)35-29(31-3)33-25-12-11-24(21-27(25)41-6)37-15-13-23(14-16-37)38-19-17-36(5)18-20-38/h7-12,21-23H,3,13-20H2,1-2,4-6H3,(H2,32,33,34,35). The highest BCUT2D eigenvalue weighted by Crippen LogP contribution is 2.32. The number of nitrogens with zero attached hydrogens (tertiary/aromatic N) is 6. The van der Waals surface area contributed by atoms with Gasteiger partial charge < -0.3 is 25.2 Å². The number of likely N-dealkylation sites (N-methyl/N-ethyl adjacent to an activating group) is 1. The van der Waals surface area contributed by atoms with E-state index in [1.807, 2.05) is 12.1 Å². The van der Waals surface area contributed by atoms with E-state index in [9.17, 15) is 8.42 Å². The van der Waals surface area contributed by atoms with Crippen LogP contribution in [0.2, 0.25) is 0 Å². The third-order valence-electron chi connectivity index (χ3n) is 7.95. The van der Waals surface area contributed by atoms with Crippen molar-refractivity contribution in [2.45, 2.75) is 42.9 Å². The van der Waals surface area contributed by atoms with Gasteiger partial charge in [0.05, 0.1) is 28.6 Å². The zero-order valence-electron chi connectivity index (χ0n) is 25.4. The normalized spacial score (nSPS) is 18.3. The largest absolute Gasteiger partial charge is 0.494 e. The first-order valence-corrected chi connectivity index (χ1v) is 16.0. The molecule has 0 saturated carbocycles. The van der Waals surface area contributed by atoms with Crippen LogP contribution in [0.25, 0.3) is 0 Å². The van der Waals surface area contributed by atoms with E-state index in [1.54, 1.807) is 52.3 Å². The van der Waals surface area contributed by atoms with Crippen molar-refractivity contribution in [3.05, 3.63) is 42.5 Å². The Hall–Kier alpha value is -3.48. The fourth-order valence-electron chi connectivity index (χ4n) is 5.31. The molecule has 11 nitrogen and oxygen atoms in total. The predicted octanol–water partition coefficient (Wildman–Crippen LogP) is 3.66. The van der Waals surface area contributed by atoms with Crippen molar-refractivity contribution in [2.24, 2.45) is 15.0 Å². The van der Waals surface area contributed by atoms with Crippen LogP contribution in [0.15, 0.2) is 62.3 Å². The number of methoxy groups -OCH3 is 1.